The fourth-order valence-corrected chi connectivity index (χ4v) is 2.60. The molecule has 2 aliphatic heterocycles. The fraction of sp³-hybridized carbons (Fsp3) is 0.600. The molecule has 3 rings (SSSR count). The van der Waals surface area contributed by atoms with Crippen molar-refractivity contribution in [3.8, 4) is 18.2 Å². The molecule has 7 nitrogen and oxygen atoms in total. The molecule has 7 heteroatoms. The normalized spacial score (nSPS) is 17.3. The third-order valence-electron chi connectivity index (χ3n) is 3.96. The van der Waals surface area contributed by atoms with Crippen molar-refractivity contribution in [3.05, 3.63) is 11.3 Å². The molecular formula is C15H19N5O2. The van der Waals surface area contributed by atoms with Crippen LogP contribution >= 0.6 is 0 Å². The Kier molecular flexibility index (Phi) is 3.84. The standard InChI is InChI=1S/C15H19N5O2/c1-3-4-6-15(18-19-15)7-8-16-13(21)12-11(2)14-20(17-12)9-5-10-22-14/h1H,4-10H2,2H3,(H,16,21). The average molecular weight is 301 g/mol. The van der Waals surface area contributed by atoms with Gasteiger partial charge in [0.2, 0.25) is 5.88 Å². The van der Waals surface area contributed by atoms with Gasteiger partial charge in [0, 0.05) is 44.3 Å². The van der Waals surface area contributed by atoms with Crippen molar-refractivity contribution in [2.45, 2.75) is 44.8 Å². The van der Waals surface area contributed by atoms with E-state index in [0.717, 1.165) is 24.9 Å². The molecule has 0 unspecified atom stereocenters. The Labute approximate surface area is 129 Å². The van der Waals surface area contributed by atoms with Crippen molar-refractivity contribution >= 4 is 5.91 Å². The molecule has 1 amide bonds. The van der Waals surface area contributed by atoms with Crippen LogP contribution in [0.15, 0.2) is 10.2 Å². The lowest BCUT2D eigenvalue weighted by atomic mass is 10.0. The van der Waals surface area contributed by atoms with E-state index in [0.29, 0.717) is 37.6 Å². The second kappa shape index (κ2) is 5.79. The molecule has 0 aliphatic carbocycles. The second-order valence-electron chi connectivity index (χ2n) is 5.60. The molecule has 3 heterocycles. The monoisotopic (exact) mass is 301 g/mol. The third-order valence-corrected chi connectivity index (χ3v) is 3.96. The molecule has 22 heavy (non-hydrogen) atoms. The molecule has 1 aromatic rings. The summed E-state index contributed by atoms with van der Waals surface area (Å²) in [6.07, 6.45) is 8.22. The topological polar surface area (TPSA) is 80.9 Å². The molecule has 2 aliphatic rings. The molecule has 0 saturated carbocycles. The molecule has 116 valence electrons. The van der Waals surface area contributed by atoms with E-state index in [-0.39, 0.29) is 11.6 Å². The largest absolute Gasteiger partial charge is 0.478 e. The van der Waals surface area contributed by atoms with E-state index >= 15 is 0 Å². The van der Waals surface area contributed by atoms with Crippen LogP contribution in [-0.2, 0) is 6.54 Å². The highest BCUT2D eigenvalue weighted by molar-refractivity contribution is 5.94. The number of carbonyl (C=O) groups is 1. The summed E-state index contributed by atoms with van der Waals surface area (Å²) < 4.78 is 7.33. The van der Waals surface area contributed by atoms with Crippen molar-refractivity contribution in [1.82, 2.24) is 15.1 Å². The van der Waals surface area contributed by atoms with Gasteiger partial charge in [-0.2, -0.15) is 15.3 Å². The van der Waals surface area contributed by atoms with E-state index in [1.165, 1.54) is 0 Å². The van der Waals surface area contributed by atoms with Crippen molar-refractivity contribution in [3.63, 3.8) is 0 Å². The Balaban J connectivity index is 1.55. The Morgan fingerprint density at radius 3 is 3.00 bits per heavy atom. The van der Waals surface area contributed by atoms with E-state index in [4.69, 9.17) is 11.2 Å². The first-order valence-electron chi connectivity index (χ1n) is 7.51. The summed E-state index contributed by atoms with van der Waals surface area (Å²) in [6.45, 7) is 3.82. The van der Waals surface area contributed by atoms with E-state index in [1.54, 1.807) is 4.68 Å². The quantitative estimate of drug-likeness (QED) is 0.811. The van der Waals surface area contributed by atoms with E-state index in [1.807, 2.05) is 6.92 Å². The van der Waals surface area contributed by atoms with Crippen molar-refractivity contribution in [2.75, 3.05) is 13.2 Å². The van der Waals surface area contributed by atoms with Gasteiger partial charge in [-0.05, 0) is 6.92 Å². The van der Waals surface area contributed by atoms with Gasteiger partial charge in [0.15, 0.2) is 11.4 Å². The van der Waals surface area contributed by atoms with Crippen LogP contribution in [0.4, 0.5) is 0 Å². The van der Waals surface area contributed by atoms with Gasteiger partial charge in [-0.15, -0.1) is 12.3 Å². The van der Waals surface area contributed by atoms with Crippen LogP contribution in [0.2, 0.25) is 0 Å². The number of hydrogen-bond acceptors (Lipinski definition) is 5. The van der Waals surface area contributed by atoms with E-state index < -0.39 is 0 Å². The predicted octanol–water partition coefficient (Wildman–Crippen LogP) is 1.67. The lowest BCUT2D eigenvalue weighted by Gasteiger charge is -2.14. The van der Waals surface area contributed by atoms with Crippen LogP contribution < -0.4 is 10.1 Å². The van der Waals surface area contributed by atoms with Gasteiger partial charge in [-0.3, -0.25) is 4.79 Å². The number of nitrogens with zero attached hydrogens (tertiary/aromatic N) is 4. The van der Waals surface area contributed by atoms with E-state index in [9.17, 15) is 4.79 Å². The first-order chi connectivity index (χ1) is 10.7. The van der Waals surface area contributed by atoms with Gasteiger partial charge in [0.25, 0.3) is 5.91 Å². The fourth-order valence-electron chi connectivity index (χ4n) is 2.60. The SMILES string of the molecule is C#CCCC1(CCNC(=O)c2nn3c(c2C)OCCC3)N=N1. The highest BCUT2D eigenvalue weighted by atomic mass is 16.5. The van der Waals surface area contributed by atoms with Crippen molar-refractivity contribution < 1.29 is 9.53 Å². The zero-order valence-electron chi connectivity index (χ0n) is 12.6. The number of fused-ring (bicyclic) bond motifs is 1. The number of ether oxygens (including phenoxy) is 1. The van der Waals surface area contributed by atoms with Crippen molar-refractivity contribution in [2.24, 2.45) is 10.2 Å². The first kappa shape index (κ1) is 14.6. The summed E-state index contributed by atoms with van der Waals surface area (Å²) in [4.78, 5) is 12.3. The number of terminal acetylenes is 1. The number of hydrogen-bond donors (Lipinski definition) is 1. The van der Waals surface area contributed by atoms with Gasteiger partial charge in [0.1, 0.15) is 0 Å². The Hall–Kier alpha value is -2.36. The second-order valence-corrected chi connectivity index (χ2v) is 5.60. The third kappa shape index (κ3) is 2.82. The number of aryl methyl sites for hydroxylation is 1. The number of nitrogens with one attached hydrogen (secondary N) is 1. The summed E-state index contributed by atoms with van der Waals surface area (Å²) in [5.74, 6) is 3.11. The summed E-state index contributed by atoms with van der Waals surface area (Å²) in [5.41, 5.74) is 0.852. The highest BCUT2D eigenvalue weighted by Gasteiger charge is 2.38. The minimum Gasteiger partial charge on any atom is -0.478 e. The minimum atomic E-state index is -0.370. The van der Waals surface area contributed by atoms with Crippen LogP contribution in [-0.4, -0.2) is 34.5 Å². The number of rotatable bonds is 6. The highest BCUT2D eigenvalue weighted by Crippen LogP contribution is 2.36. The van der Waals surface area contributed by atoms with E-state index in [2.05, 4.69) is 26.6 Å². The molecule has 0 aromatic carbocycles. The molecule has 0 spiro atoms. The van der Waals surface area contributed by atoms with Crippen molar-refractivity contribution in [1.29, 1.82) is 0 Å². The summed E-state index contributed by atoms with van der Waals surface area (Å²) >= 11 is 0. The Bertz CT molecular complexity index is 650. The predicted molar refractivity (Wildman–Crippen MR) is 79.7 cm³/mol. The van der Waals surface area contributed by atoms with Gasteiger partial charge in [0.05, 0.1) is 6.61 Å². The molecule has 0 radical (unpaired) electrons. The lowest BCUT2D eigenvalue weighted by Crippen LogP contribution is -2.29. The zero-order chi connectivity index (χ0) is 15.6. The molecular weight excluding hydrogens is 282 g/mol. The molecule has 0 saturated heterocycles. The first-order valence-corrected chi connectivity index (χ1v) is 7.51. The molecule has 1 N–H and O–H groups in total. The lowest BCUT2D eigenvalue weighted by molar-refractivity contribution is 0.0945. The summed E-state index contributed by atoms with van der Waals surface area (Å²) in [6, 6.07) is 0. The van der Waals surface area contributed by atoms with Crippen LogP contribution in [0, 0.1) is 19.3 Å². The van der Waals surface area contributed by atoms with Gasteiger partial charge >= 0.3 is 0 Å². The summed E-state index contributed by atoms with van der Waals surface area (Å²) in [7, 11) is 0. The molecule has 1 aromatic heterocycles. The molecule has 0 atom stereocenters. The van der Waals surface area contributed by atoms with Gasteiger partial charge in [-0.1, -0.05) is 0 Å². The van der Waals surface area contributed by atoms with Gasteiger partial charge in [-0.25, -0.2) is 4.68 Å². The Morgan fingerprint density at radius 2 is 2.32 bits per heavy atom. The zero-order valence-corrected chi connectivity index (χ0v) is 12.6. The Morgan fingerprint density at radius 1 is 1.50 bits per heavy atom. The minimum absolute atomic E-state index is 0.184. The molecule has 0 bridgehead atoms. The number of carbonyl (C=O) groups excluding carboxylic acids is 1. The maximum Gasteiger partial charge on any atom is 0.272 e. The van der Waals surface area contributed by atoms with Crippen LogP contribution in [0.3, 0.4) is 0 Å². The van der Waals surface area contributed by atoms with Crippen LogP contribution in [0.1, 0.15) is 41.7 Å². The number of amides is 1. The van der Waals surface area contributed by atoms with Crippen LogP contribution in [0.25, 0.3) is 0 Å². The van der Waals surface area contributed by atoms with Gasteiger partial charge < -0.3 is 10.1 Å². The average Bonchev–Trinajstić information content (AvgIpc) is 3.22. The maximum atomic E-state index is 12.3. The van der Waals surface area contributed by atoms with Crippen LogP contribution in [0.5, 0.6) is 5.88 Å². The smallest absolute Gasteiger partial charge is 0.272 e. The molecule has 0 fully saturated rings. The number of aromatic nitrogens is 2. The summed E-state index contributed by atoms with van der Waals surface area (Å²) in [5, 5.41) is 15.3. The maximum absolute atomic E-state index is 12.3.